The van der Waals surface area contributed by atoms with Crippen molar-refractivity contribution in [2.24, 2.45) is 0 Å². The summed E-state index contributed by atoms with van der Waals surface area (Å²) in [4.78, 5) is 34.4. The molecule has 2 heterocycles. The highest BCUT2D eigenvalue weighted by Gasteiger charge is 2.40. The molecule has 5 rings (SSSR count). The second kappa shape index (κ2) is 6.48. The fraction of sp³-hybridized carbons (Fsp3) is 0.318. The second-order valence-electron chi connectivity index (χ2n) is 7.67. The van der Waals surface area contributed by atoms with Crippen molar-refractivity contribution >= 4 is 22.9 Å². The molecule has 0 spiro atoms. The smallest absolute Gasteiger partial charge is 0.335 e. The van der Waals surface area contributed by atoms with E-state index in [0.29, 0.717) is 17.7 Å². The first-order valence-electron chi connectivity index (χ1n) is 9.72. The normalized spacial score (nSPS) is 21.2. The van der Waals surface area contributed by atoms with Crippen molar-refractivity contribution in [1.82, 2.24) is 14.9 Å². The average Bonchev–Trinajstić information content (AvgIpc) is 3.20. The zero-order valence-corrected chi connectivity index (χ0v) is 15.4. The second-order valence-corrected chi connectivity index (χ2v) is 7.67. The van der Waals surface area contributed by atoms with Gasteiger partial charge in [0.2, 0.25) is 0 Å². The first-order chi connectivity index (χ1) is 13.6. The van der Waals surface area contributed by atoms with Crippen LogP contribution in [0.3, 0.4) is 0 Å². The highest BCUT2D eigenvalue weighted by Crippen LogP contribution is 2.42. The quantitative estimate of drug-likeness (QED) is 0.717. The Labute approximate surface area is 162 Å². The number of rotatable bonds is 2. The number of imidazole rings is 1. The van der Waals surface area contributed by atoms with Crippen LogP contribution < -0.4 is 0 Å². The minimum atomic E-state index is -0.884. The third-order valence-corrected chi connectivity index (χ3v) is 6.21. The number of amides is 1. The van der Waals surface area contributed by atoms with Crippen LogP contribution in [0.25, 0.3) is 11.0 Å². The molecule has 6 heteroatoms. The number of benzene rings is 2. The number of carboxylic acids is 1. The molecule has 2 N–H and O–H groups in total. The van der Waals surface area contributed by atoms with E-state index in [2.05, 4.69) is 9.97 Å². The minimum Gasteiger partial charge on any atom is -0.478 e. The van der Waals surface area contributed by atoms with E-state index < -0.39 is 5.97 Å². The number of aryl methyl sites for hydroxylation is 1. The number of hydrogen-bond acceptors (Lipinski definition) is 3. The molecule has 1 amide bonds. The first-order valence-corrected chi connectivity index (χ1v) is 9.72. The molecular formula is C22H21N3O3. The molecule has 6 nitrogen and oxygen atoms in total. The number of hydrogen-bond donors (Lipinski definition) is 2. The molecule has 1 aliphatic carbocycles. The number of fused-ring (bicyclic) bond motifs is 4. The zero-order chi connectivity index (χ0) is 19.3. The molecule has 2 atom stereocenters. The van der Waals surface area contributed by atoms with Gasteiger partial charge in [0, 0.05) is 24.1 Å². The Morgan fingerprint density at radius 2 is 2.07 bits per heavy atom. The van der Waals surface area contributed by atoms with Gasteiger partial charge in [0.05, 0.1) is 22.9 Å². The van der Waals surface area contributed by atoms with Crippen LogP contribution in [0.5, 0.6) is 0 Å². The summed E-state index contributed by atoms with van der Waals surface area (Å²) in [6.07, 6.45) is 5.11. The van der Waals surface area contributed by atoms with E-state index in [9.17, 15) is 14.7 Å². The molecule has 3 aromatic rings. The Bertz CT molecular complexity index is 1090. The van der Waals surface area contributed by atoms with Crippen molar-refractivity contribution in [1.29, 1.82) is 0 Å². The number of H-pyrrole nitrogens is 1. The molecular weight excluding hydrogens is 354 g/mol. The van der Waals surface area contributed by atoms with Crippen molar-refractivity contribution in [3.05, 3.63) is 65.0 Å². The van der Waals surface area contributed by atoms with Crippen LogP contribution in [-0.4, -0.2) is 44.4 Å². The summed E-state index contributed by atoms with van der Waals surface area (Å²) < 4.78 is 0. The number of nitrogens with one attached hydrogen (secondary N) is 1. The molecule has 1 aromatic heterocycles. The van der Waals surface area contributed by atoms with Crippen molar-refractivity contribution in [3.8, 4) is 0 Å². The maximum atomic E-state index is 13.3. The predicted molar refractivity (Wildman–Crippen MR) is 105 cm³/mol. The van der Waals surface area contributed by atoms with Crippen LogP contribution in [-0.2, 0) is 6.42 Å². The van der Waals surface area contributed by atoms with Crippen molar-refractivity contribution < 1.29 is 14.7 Å². The van der Waals surface area contributed by atoms with Gasteiger partial charge in [-0.2, -0.15) is 0 Å². The molecule has 0 bridgehead atoms. The van der Waals surface area contributed by atoms with E-state index in [1.54, 1.807) is 12.4 Å². The summed E-state index contributed by atoms with van der Waals surface area (Å²) in [5.41, 5.74) is 4.78. The van der Waals surface area contributed by atoms with Crippen molar-refractivity contribution in [2.45, 2.75) is 37.6 Å². The van der Waals surface area contributed by atoms with E-state index in [1.165, 1.54) is 0 Å². The molecule has 1 aliphatic heterocycles. The van der Waals surface area contributed by atoms with Gasteiger partial charge < -0.3 is 15.0 Å². The summed E-state index contributed by atoms with van der Waals surface area (Å²) in [6.45, 7) is 0.714. The van der Waals surface area contributed by atoms with Crippen molar-refractivity contribution in [3.63, 3.8) is 0 Å². The van der Waals surface area contributed by atoms with E-state index in [1.807, 2.05) is 35.2 Å². The summed E-state index contributed by atoms with van der Waals surface area (Å²) in [7, 11) is 0. The number of nitrogens with zero attached hydrogens (tertiary/aromatic N) is 2. The van der Waals surface area contributed by atoms with Crippen LogP contribution >= 0.6 is 0 Å². The standard InChI is InChI=1S/C22H21N3O3/c26-21(14-6-8-17-18(11-14)24-12-23-17)25-10-2-5-15-19(25)9-7-13-3-1-4-16(20(13)15)22(27)28/h1,3-4,6,8,11-12,15,19H,2,5,7,9-10H2,(H,23,24)(H,27,28). The largest absolute Gasteiger partial charge is 0.478 e. The van der Waals surface area contributed by atoms with Crippen LogP contribution in [0, 0.1) is 0 Å². The highest BCUT2D eigenvalue weighted by atomic mass is 16.4. The highest BCUT2D eigenvalue weighted by molar-refractivity contribution is 5.97. The van der Waals surface area contributed by atoms with Crippen LogP contribution in [0.1, 0.15) is 57.0 Å². The van der Waals surface area contributed by atoms with Gasteiger partial charge in [0.1, 0.15) is 0 Å². The molecule has 28 heavy (non-hydrogen) atoms. The lowest BCUT2D eigenvalue weighted by Gasteiger charge is -2.45. The number of piperidine rings is 1. The monoisotopic (exact) mass is 375 g/mol. The molecule has 0 radical (unpaired) electrons. The Hall–Kier alpha value is -3.15. The summed E-state index contributed by atoms with van der Waals surface area (Å²) in [6, 6.07) is 11.1. The third-order valence-electron chi connectivity index (χ3n) is 6.21. The van der Waals surface area contributed by atoms with Gasteiger partial charge in [-0.25, -0.2) is 9.78 Å². The fourth-order valence-electron chi connectivity index (χ4n) is 5.00. The van der Waals surface area contributed by atoms with Gasteiger partial charge in [-0.1, -0.05) is 12.1 Å². The number of likely N-dealkylation sites (tertiary alicyclic amines) is 1. The third kappa shape index (κ3) is 2.59. The Morgan fingerprint density at radius 3 is 2.93 bits per heavy atom. The maximum absolute atomic E-state index is 13.3. The first kappa shape index (κ1) is 17.0. The van der Waals surface area contributed by atoms with E-state index in [4.69, 9.17) is 0 Å². The topological polar surface area (TPSA) is 86.3 Å². The summed E-state index contributed by atoms with van der Waals surface area (Å²) in [5.74, 6) is -0.780. The molecule has 2 unspecified atom stereocenters. The summed E-state index contributed by atoms with van der Waals surface area (Å²) >= 11 is 0. The van der Waals surface area contributed by atoms with Gasteiger partial charge >= 0.3 is 5.97 Å². The zero-order valence-electron chi connectivity index (χ0n) is 15.4. The predicted octanol–water partition coefficient (Wildman–Crippen LogP) is 3.60. The van der Waals surface area contributed by atoms with Crippen molar-refractivity contribution in [2.75, 3.05) is 6.54 Å². The SMILES string of the molecule is O=C(O)c1cccc2c1C1CCCN(C(=O)c3ccc4nc[nH]c4c3)C1CC2. The van der Waals surface area contributed by atoms with Crippen LogP contribution in [0.15, 0.2) is 42.7 Å². The van der Waals surface area contributed by atoms with Gasteiger partial charge in [0.25, 0.3) is 5.91 Å². The van der Waals surface area contributed by atoms with E-state index in [0.717, 1.165) is 47.8 Å². The molecule has 142 valence electrons. The lowest BCUT2D eigenvalue weighted by molar-refractivity contribution is 0.0544. The number of carbonyl (C=O) groups is 2. The number of aromatic amines is 1. The van der Waals surface area contributed by atoms with Gasteiger partial charge in [-0.15, -0.1) is 0 Å². The molecule has 0 saturated carbocycles. The van der Waals surface area contributed by atoms with Crippen LogP contribution in [0.2, 0.25) is 0 Å². The van der Waals surface area contributed by atoms with Gasteiger partial charge in [0.15, 0.2) is 0 Å². The Kier molecular flexibility index (Phi) is 3.93. The maximum Gasteiger partial charge on any atom is 0.335 e. The molecule has 1 saturated heterocycles. The Balaban J connectivity index is 1.51. The average molecular weight is 375 g/mol. The lowest BCUT2D eigenvalue weighted by Crippen LogP contribution is -2.49. The molecule has 1 fully saturated rings. The van der Waals surface area contributed by atoms with E-state index >= 15 is 0 Å². The lowest BCUT2D eigenvalue weighted by atomic mass is 9.72. The van der Waals surface area contributed by atoms with Gasteiger partial charge in [-0.05, 0) is 61.1 Å². The summed E-state index contributed by atoms with van der Waals surface area (Å²) in [5, 5.41) is 9.67. The van der Waals surface area contributed by atoms with Crippen LogP contribution in [0.4, 0.5) is 0 Å². The van der Waals surface area contributed by atoms with Gasteiger partial charge in [-0.3, -0.25) is 4.79 Å². The number of carbonyl (C=O) groups excluding carboxylic acids is 1. The number of aromatic nitrogens is 2. The minimum absolute atomic E-state index is 0.0162. The number of carboxylic acid groups (broad SMARTS) is 1. The molecule has 2 aromatic carbocycles. The van der Waals surface area contributed by atoms with E-state index in [-0.39, 0.29) is 17.9 Å². The fourth-order valence-corrected chi connectivity index (χ4v) is 5.00. The molecule has 2 aliphatic rings. The number of aromatic carboxylic acids is 1. The Morgan fingerprint density at radius 1 is 1.18 bits per heavy atom.